The van der Waals surface area contributed by atoms with Crippen LogP contribution in [0, 0.1) is 5.92 Å². The highest BCUT2D eigenvalue weighted by atomic mass is 16.3. The lowest BCUT2D eigenvalue weighted by Crippen LogP contribution is -2.34. The number of H-pyrrole nitrogens is 1. The van der Waals surface area contributed by atoms with Crippen molar-refractivity contribution in [3.8, 4) is 0 Å². The van der Waals surface area contributed by atoms with E-state index < -0.39 is 17.2 Å². The van der Waals surface area contributed by atoms with Gasteiger partial charge in [-0.3, -0.25) is 19.1 Å². The van der Waals surface area contributed by atoms with Gasteiger partial charge in [0.25, 0.3) is 11.5 Å². The molecular formula is C18H26N4O4. The number of fused-ring (bicyclic) bond motifs is 1. The topological polar surface area (TPSA) is 117 Å². The molecule has 0 radical (unpaired) electrons. The van der Waals surface area contributed by atoms with Crippen LogP contribution >= 0.6 is 0 Å². The van der Waals surface area contributed by atoms with Crippen molar-refractivity contribution in [1.82, 2.24) is 19.9 Å². The molecule has 0 aliphatic heterocycles. The van der Waals surface area contributed by atoms with Crippen molar-refractivity contribution in [1.29, 1.82) is 0 Å². The minimum atomic E-state index is -0.625. The number of hydrogen-bond acceptors (Lipinski definition) is 5. The molecule has 2 aromatic heterocycles. The van der Waals surface area contributed by atoms with E-state index in [9.17, 15) is 14.4 Å². The number of hydrogen-bond donors (Lipinski definition) is 3. The molecule has 0 aliphatic carbocycles. The molecule has 2 heterocycles. The summed E-state index contributed by atoms with van der Waals surface area (Å²) in [5.41, 5.74) is -0.106. The minimum absolute atomic E-state index is 0.0188. The second-order valence-corrected chi connectivity index (χ2v) is 7.04. The number of aliphatic hydroxyl groups is 1. The fraction of sp³-hybridized carbons (Fsp3) is 0.556. The third-order valence-electron chi connectivity index (χ3n) is 3.97. The third-order valence-corrected chi connectivity index (χ3v) is 3.97. The summed E-state index contributed by atoms with van der Waals surface area (Å²) in [6.45, 7) is 8.41. The summed E-state index contributed by atoms with van der Waals surface area (Å²) in [5, 5.41) is 11.7. The summed E-state index contributed by atoms with van der Waals surface area (Å²) in [4.78, 5) is 44.2. The maximum atomic E-state index is 12.6. The Morgan fingerprint density at radius 3 is 2.58 bits per heavy atom. The molecule has 0 saturated carbocycles. The number of rotatable bonds is 7. The molecule has 8 nitrogen and oxygen atoms in total. The van der Waals surface area contributed by atoms with E-state index in [0.717, 1.165) is 0 Å². The molecule has 1 amide bonds. The zero-order chi connectivity index (χ0) is 19.4. The van der Waals surface area contributed by atoms with E-state index >= 15 is 0 Å². The molecule has 142 valence electrons. The maximum absolute atomic E-state index is 12.6. The Bertz CT molecular complexity index is 912. The van der Waals surface area contributed by atoms with Crippen molar-refractivity contribution in [2.24, 2.45) is 5.92 Å². The normalized spacial score (nSPS) is 11.5. The standard InChI is InChI=1S/C18H26N4O4/c1-10(2)9-22-15-14(17(25)21-18(22)26)12(8-13(20-15)11(3)4)16(24)19-6-5-7-23/h8,10-11,23H,5-7,9H2,1-4H3,(H,19,24)(H,21,25,26). The van der Waals surface area contributed by atoms with Crippen molar-refractivity contribution in [3.05, 3.63) is 38.2 Å². The second kappa shape index (κ2) is 8.27. The quantitative estimate of drug-likeness (QED) is 0.635. The molecule has 0 spiro atoms. The van der Waals surface area contributed by atoms with Gasteiger partial charge in [0.1, 0.15) is 0 Å². The van der Waals surface area contributed by atoms with Crippen LogP contribution in [0.2, 0.25) is 0 Å². The van der Waals surface area contributed by atoms with Crippen LogP contribution in [0.25, 0.3) is 11.0 Å². The van der Waals surface area contributed by atoms with Gasteiger partial charge in [-0.25, -0.2) is 9.78 Å². The first kappa shape index (κ1) is 19.8. The summed E-state index contributed by atoms with van der Waals surface area (Å²) in [5.74, 6) is -0.244. The molecule has 0 fully saturated rings. The number of nitrogens with one attached hydrogen (secondary N) is 2. The Morgan fingerprint density at radius 1 is 1.31 bits per heavy atom. The van der Waals surface area contributed by atoms with E-state index in [-0.39, 0.29) is 35.0 Å². The average Bonchev–Trinajstić information content (AvgIpc) is 2.57. The van der Waals surface area contributed by atoms with Crippen LogP contribution in [-0.4, -0.2) is 38.7 Å². The monoisotopic (exact) mass is 362 g/mol. The summed E-state index contributed by atoms with van der Waals surface area (Å²) in [6.07, 6.45) is 0.417. The van der Waals surface area contributed by atoms with Crippen molar-refractivity contribution < 1.29 is 9.90 Å². The van der Waals surface area contributed by atoms with Gasteiger partial charge in [0.05, 0.1) is 10.9 Å². The highest BCUT2D eigenvalue weighted by molar-refractivity contribution is 6.05. The van der Waals surface area contributed by atoms with E-state index in [0.29, 0.717) is 25.2 Å². The van der Waals surface area contributed by atoms with Crippen LogP contribution in [-0.2, 0) is 6.54 Å². The average molecular weight is 362 g/mol. The van der Waals surface area contributed by atoms with Gasteiger partial charge < -0.3 is 10.4 Å². The highest BCUT2D eigenvalue weighted by Gasteiger charge is 2.20. The Balaban J connectivity index is 2.76. The molecule has 0 bridgehead atoms. The Morgan fingerprint density at radius 2 is 2.00 bits per heavy atom. The Labute approximate surface area is 151 Å². The zero-order valence-corrected chi connectivity index (χ0v) is 15.6. The Kier molecular flexibility index (Phi) is 6.31. The van der Waals surface area contributed by atoms with Crippen LogP contribution in [0.15, 0.2) is 15.7 Å². The SMILES string of the molecule is CC(C)Cn1c(=O)[nH]c(=O)c2c(C(=O)NCCCO)cc(C(C)C)nc21. The molecule has 2 rings (SSSR count). The minimum Gasteiger partial charge on any atom is -0.396 e. The van der Waals surface area contributed by atoms with Gasteiger partial charge in [-0.15, -0.1) is 0 Å². The zero-order valence-electron chi connectivity index (χ0n) is 15.6. The first-order valence-corrected chi connectivity index (χ1v) is 8.83. The highest BCUT2D eigenvalue weighted by Crippen LogP contribution is 2.20. The van der Waals surface area contributed by atoms with Crippen molar-refractivity contribution in [3.63, 3.8) is 0 Å². The predicted octanol–water partition coefficient (Wildman–Crippen LogP) is 0.976. The number of aliphatic hydroxyl groups excluding tert-OH is 1. The van der Waals surface area contributed by atoms with Gasteiger partial charge in [-0.2, -0.15) is 0 Å². The first-order valence-electron chi connectivity index (χ1n) is 8.83. The van der Waals surface area contributed by atoms with E-state index in [2.05, 4.69) is 15.3 Å². The summed E-state index contributed by atoms with van der Waals surface area (Å²) < 4.78 is 1.41. The molecule has 26 heavy (non-hydrogen) atoms. The molecule has 0 aliphatic rings. The molecule has 2 aromatic rings. The van der Waals surface area contributed by atoms with E-state index in [4.69, 9.17) is 5.11 Å². The van der Waals surface area contributed by atoms with Gasteiger partial charge in [0.2, 0.25) is 0 Å². The van der Waals surface area contributed by atoms with E-state index in [1.54, 1.807) is 6.07 Å². The van der Waals surface area contributed by atoms with Crippen LogP contribution in [0.4, 0.5) is 0 Å². The third kappa shape index (κ3) is 4.19. The molecule has 0 unspecified atom stereocenters. The van der Waals surface area contributed by atoms with Crippen LogP contribution in [0.5, 0.6) is 0 Å². The number of carbonyl (C=O) groups is 1. The number of pyridine rings is 1. The van der Waals surface area contributed by atoms with Gasteiger partial charge in [0, 0.05) is 25.4 Å². The molecule has 3 N–H and O–H groups in total. The smallest absolute Gasteiger partial charge is 0.330 e. The largest absolute Gasteiger partial charge is 0.396 e. The summed E-state index contributed by atoms with van der Waals surface area (Å²) in [6, 6.07) is 1.60. The predicted molar refractivity (Wildman–Crippen MR) is 99.6 cm³/mol. The van der Waals surface area contributed by atoms with Crippen LogP contribution in [0.3, 0.4) is 0 Å². The molecular weight excluding hydrogens is 336 g/mol. The van der Waals surface area contributed by atoms with Gasteiger partial charge in [0.15, 0.2) is 5.65 Å². The van der Waals surface area contributed by atoms with Gasteiger partial charge in [-0.05, 0) is 24.3 Å². The fourth-order valence-electron chi connectivity index (χ4n) is 2.68. The van der Waals surface area contributed by atoms with Crippen LogP contribution in [0.1, 0.15) is 56.1 Å². The molecule has 8 heteroatoms. The Hall–Kier alpha value is -2.48. The number of amides is 1. The lowest BCUT2D eigenvalue weighted by Gasteiger charge is -2.15. The first-order chi connectivity index (χ1) is 12.3. The van der Waals surface area contributed by atoms with Gasteiger partial charge >= 0.3 is 5.69 Å². The fourth-order valence-corrected chi connectivity index (χ4v) is 2.68. The van der Waals surface area contributed by atoms with Gasteiger partial charge in [-0.1, -0.05) is 27.7 Å². The number of aromatic nitrogens is 3. The molecule has 0 saturated heterocycles. The molecule has 0 atom stereocenters. The van der Waals surface area contributed by atoms with Crippen LogP contribution < -0.4 is 16.6 Å². The number of nitrogens with zero attached hydrogens (tertiary/aromatic N) is 2. The second-order valence-electron chi connectivity index (χ2n) is 7.04. The number of aromatic amines is 1. The van der Waals surface area contributed by atoms with E-state index in [1.165, 1.54) is 4.57 Å². The summed E-state index contributed by atoms with van der Waals surface area (Å²) >= 11 is 0. The van der Waals surface area contributed by atoms with Crippen molar-refractivity contribution >= 4 is 16.9 Å². The van der Waals surface area contributed by atoms with Crippen molar-refractivity contribution in [2.75, 3.05) is 13.2 Å². The molecule has 0 aromatic carbocycles. The van der Waals surface area contributed by atoms with Crippen molar-refractivity contribution in [2.45, 2.75) is 46.6 Å². The maximum Gasteiger partial charge on any atom is 0.330 e. The van der Waals surface area contributed by atoms with E-state index in [1.807, 2.05) is 27.7 Å². The lowest BCUT2D eigenvalue weighted by atomic mass is 10.0. The number of carbonyl (C=O) groups excluding carboxylic acids is 1. The lowest BCUT2D eigenvalue weighted by molar-refractivity contribution is 0.0952. The summed E-state index contributed by atoms with van der Waals surface area (Å²) in [7, 11) is 0.